The van der Waals surface area contributed by atoms with Crippen LogP contribution < -0.4 is 5.11 Å². The normalized spacial score (nSPS) is 10.9. The van der Waals surface area contributed by atoms with Crippen molar-refractivity contribution in [2.24, 2.45) is 5.92 Å². The number of hydrogen-bond acceptors (Lipinski definition) is 10. The zero-order valence-corrected chi connectivity index (χ0v) is 23.7. The molecule has 0 aliphatic rings. The Hall–Kier alpha value is -2.85. The zero-order valence-electron chi connectivity index (χ0n) is 23.7. The number of unbranched alkanes of at least 4 members (excludes halogenated alkanes) is 1. The van der Waals surface area contributed by atoms with Crippen molar-refractivity contribution in [1.29, 1.82) is 0 Å². The molecule has 0 heterocycles. The molecular formula is C23H49NO14. The van der Waals surface area contributed by atoms with Crippen LogP contribution in [0.2, 0.25) is 0 Å². The lowest BCUT2D eigenvalue weighted by atomic mass is 10.1. The van der Waals surface area contributed by atoms with Gasteiger partial charge in [0.25, 0.3) is 5.97 Å². The summed E-state index contributed by atoms with van der Waals surface area (Å²) in [6.07, 6.45) is -0.150. The molecule has 0 rings (SSSR count). The van der Waals surface area contributed by atoms with E-state index in [1.807, 2.05) is 6.92 Å². The Balaban J connectivity index is -0.0000000819. The van der Waals surface area contributed by atoms with E-state index in [0.717, 1.165) is 30.8 Å². The average molecular weight is 564 g/mol. The van der Waals surface area contributed by atoms with Gasteiger partial charge in [0.05, 0.1) is 39.8 Å². The topological polar surface area (TPSA) is 270 Å². The van der Waals surface area contributed by atoms with Gasteiger partial charge >= 0.3 is 17.9 Å². The van der Waals surface area contributed by atoms with Crippen LogP contribution >= 0.6 is 0 Å². The third-order valence-electron chi connectivity index (χ3n) is 3.20. The molecule has 0 bridgehead atoms. The van der Waals surface area contributed by atoms with Gasteiger partial charge in [-0.1, -0.05) is 34.1 Å². The smallest absolute Gasteiger partial charge is 0.332 e. The van der Waals surface area contributed by atoms with Crippen LogP contribution in [0.3, 0.4) is 0 Å². The summed E-state index contributed by atoms with van der Waals surface area (Å²) in [6.45, 7) is 8.23. The summed E-state index contributed by atoms with van der Waals surface area (Å²) >= 11 is 0. The van der Waals surface area contributed by atoms with Crippen molar-refractivity contribution in [2.75, 3.05) is 40.9 Å². The number of aliphatic hydroxyl groups excluding tert-OH is 4. The van der Waals surface area contributed by atoms with E-state index in [2.05, 4.69) is 21.1 Å². The molecule has 38 heavy (non-hydrogen) atoms. The second-order valence-electron chi connectivity index (χ2n) is 8.58. The van der Waals surface area contributed by atoms with E-state index in [0.29, 0.717) is 6.42 Å². The molecular weight excluding hydrogens is 514 g/mol. The average Bonchev–Trinajstić information content (AvgIpc) is 2.76. The molecule has 0 radical (unpaired) electrons. The quantitative estimate of drug-likeness (QED) is 0.143. The molecule has 0 spiro atoms. The number of likely N-dealkylation sites (N-methyl/N-ethyl adjacent to an activating group) is 1. The Morgan fingerprint density at radius 2 is 1.21 bits per heavy atom. The van der Waals surface area contributed by atoms with Gasteiger partial charge in [-0.3, -0.25) is 9.59 Å². The fourth-order valence-electron chi connectivity index (χ4n) is 1.07. The largest absolute Gasteiger partial charge is 0.547 e. The van der Waals surface area contributed by atoms with Gasteiger partial charge < -0.3 is 55.2 Å². The van der Waals surface area contributed by atoms with Crippen LogP contribution in [-0.2, 0) is 24.0 Å². The second-order valence-corrected chi connectivity index (χ2v) is 8.58. The number of aliphatic hydroxyl groups is 4. The van der Waals surface area contributed by atoms with Gasteiger partial charge in [0.1, 0.15) is 13.2 Å². The highest BCUT2D eigenvalue weighted by molar-refractivity contribution is 5.71. The summed E-state index contributed by atoms with van der Waals surface area (Å²) < 4.78 is 0.844. The van der Waals surface area contributed by atoms with Crippen molar-refractivity contribution in [3.05, 3.63) is 0 Å². The van der Waals surface area contributed by atoms with Gasteiger partial charge in [-0.15, -0.1) is 0 Å². The first-order valence-electron chi connectivity index (χ1n) is 11.5. The number of rotatable bonds is 10. The number of quaternary nitrogens is 1. The molecule has 8 N–H and O–H groups in total. The number of carbonyl (C=O) groups excluding carboxylic acids is 1. The number of carboxylic acid groups (broad SMARTS) is 5. The predicted molar refractivity (Wildman–Crippen MR) is 135 cm³/mol. The maximum Gasteiger partial charge on any atom is 0.332 e. The fraction of sp³-hybridized carbons (Fsp3) is 0.783. The van der Waals surface area contributed by atoms with Gasteiger partial charge in [-0.25, -0.2) is 9.59 Å². The van der Waals surface area contributed by atoms with Crippen LogP contribution in [0.1, 0.15) is 60.3 Å². The molecule has 0 amide bonds. The number of hydrogen-bond donors (Lipinski definition) is 8. The van der Waals surface area contributed by atoms with Crippen molar-refractivity contribution >= 4 is 29.8 Å². The SMILES string of the molecule is CC(=O)O.CC(C)C(O)C(=O)[O-].CCC(O)C(=O)O.CCCCC(=O)O.C[N+](C)(C)CCO.O=C(O)CO. The van der Waals surface area contributed by atoms with Gasteiger partial charge in [-0.2, -0.15) is 0 Å². The molecule has 230 valence electrons. The molecule has 0 saturated carbocycles. The Morgan fingerprint density at radius 3 is 1.24 bits per heavy atom. The maximum atomic E-state index is 9.78. The van der Waals surface area contributed by atoms with Crippen LogP contribution in [0.4, 0.5) is 0 Å². The molecule has 0 aromatic carbocycles. The third kappa shape index (κ3) is 76.6. The molecule has 2 atom stereocenters. The number of carbonyl (C=O) groups is 5. The predicted octanol–water partition coefficient (Wildman–Crippen LogP) is -1.30. The standard InChI is InChI=1S/C5H14NO.C5H10O3.C5H10O2.C4H8O3.C2H4O3.C2H4O2/c1-6(2,3)4-5-7;1-3(2)4(6)5(7)8;1-2-3-4-5(6)7;1-2-3(5)4(6)7;3-1-2(4)5;1-2(3)4/h7H,4-5H2,1-3H3;3-4,6H,1-2H3,(H,7,8);2-4H2,1H3,(H,6,7);3,5H,2H2,1H3,(H,6,7);3H,1H2,(H,4,5);1H3,(H,3,4)/q+1;;;;;/p-1. The van der Waals surface area contributed by atoms with Gasteiger partial charge in [0.2, 0.25) is 0 Å². The van der Waals surface area contributed by atoms with E-state index in [-0.39, 0.29) is 18.9 Å². The first-order valence-corrected chi connectivity index (χ1v) is 11.5. The maximum absolute atomic E-state index is 9.78. The summed E-state index contributed by atoms with van der Waals surface area (Å²) in [5.41, 5.74) is 0. The van der Waals surface area contributed by atoms with E-state index in [1.165, 1.54) is 0 Å². The number of nitrogens with zero attached hydrogens (tertiary/aromatic N) is 1. The minimum Gasteiger partial charge on any atom is -0.547 e. The van der Waals surface area contributed by atoms with Crippen molar-refractivity contribution in [2.45, 2.75) is 72.5 Å². The summed E-state index contributed by atoms with van der Waals surface area (Å²) in [7, 11) is 6.16. The lowest BCUT2D eigenvalue weighted by molar-refractivity contribution is -0.870. The molecule has 15 heteroatoms. The van der Waals surface area contributed by atoms with E-state index >= 15 is 0 Å². The number of carboxylic acids is 5. The van der Waals surface area contributed by atoms with Crippen LogP contribution in [0.15, 0.2) is 0 Å². The minimum absolute atomic E-state index is 0.264. The zero-order chi connectivity index (χ0) is 32.1. The fourth-order valence-corrected chi connectivity index (χ4v) is 1.07. The minimum atomic E-state index is -1.40. The van der Waals surface area contributed by atoms with E-state index in [9.17, 15) is 19.5 Å². The van der Waals surface area contributed by atoms with Crippen LogP contribution in [0, 0.1) is 5.92 Å². The monoisotopic (exact) mass is 563 g/mol. The summed E-state index contributed by atoms with van der Waals surface area (Å²) in [5, 5.41) is 73.5. The van der Waals surface area contributed by atoms with Gasteiger partial charge in [0, 0.05) is 13.3 Å². The molecule has 15 nitrogen and oxygen atoms in total. The van der Waals surface area contributed by atoms with E-state index in [1.54, 1.807) is 20.8 Å². The van der Waals surface area contributed by atoms with Crippen molar-refractivity contribution in [3.63, 3.8) is 0 Å². The molecule has 0 aliphatic carbocycles. The van der Waals surface area contributed by atoms with Crippen molar-refractivity contribution in [3.8, 4) is 0 Å². The molecule has 0 aliphatic heterocycles. The van der Waals surface area contributed by atoms with Gasteiger partial charge in [-0.05, 0) is 18.8 Å². The Labute approximate surface area is 224 Å². The van der Waals surface area contributed by atoms with Gasteiger partial charge in [0.15, 0.2) is 6.10 Å². The number of aliphatic carboxylic acids is 5. The summed E-state index contributed by atoms with van der Waals surface area (Å²) in [5.74, 6) is -5.53. The van der Waals surface area contributed by atoms with Crippen LogP contribution in [-0.4, -0.2) is 128 Å². The highest BCUT2D eigenvalue weighted by atomic mass is 16.4. The summed E-state index contributed by atoms with van der Waals surface area (Å²) in [6, 6.07) is 0. The third-order valence-corrected chi connectivity index (χ3v) is 3.20. The first-order chi connectivity index (χ1) is 17.1. The molecule has 0 aromatic heterocycles. The highest BCUT2D eigenvalue weighted by Crippen LogP contribution is 1.97. The lowest BCUT2D eigenvalue weighted by Crippen LogP contribution is -2.38. The van der Waals surface area contributed by atoms with Crippen molar-refractivity contribution in [1.82, 2.24) is 0 Å². The lowest BCUT2D eigenvalue weighted by Gasteiger charge is -2.21. The van der Waals surface area contributed by atoms with E-state index < -0.39 is 48.7 Å². The molecule has 0 saturated heterocycles. The van der Waals surface area contributed by atoms with Crippen LogP contribution in [0.25, 0.3) is 0 Å². The van der Waals surface area contributed by atoms with Crippen LogP contribution in [0.5, 0.6) is 0 Å². The molecule has 0 fully saturated rings. The van der Waals surface area contributed by atoms with Crippen molar-refractivity contribution < 1.29 is 74.4 Å². The Kier molecular flexibility index (Phi) is 40.9. The Morgan fingerprint density at radius 1 is 0.842 bits per heavy atom. The molecule has 2 unspecified atom stereocenters. The first kappa shape index (κ1) is 48.2. The summed E-state index contributed by atoms with van der Waals surface area (Å²) in [4.78, 5) is 47.3. The second kappa shape index (κ2) is 32.2. The highest BCUT2D eigenvalue weighted by Gasteiger charge is 2.08. The van der Waals surface area contributed by atoms with E-state index in [4.69, 9.17) is 50.4 Å². The Bertz CT molecular complexity index is 599. The molecule has 0 aromatic rings.